The van der Waals surface area contributed by atoms with Crippen LogP contribution < -0.4 is 5.32 Å². The van der Waals surface area contributed by atoms with Crippen molar-refractivity contribution in [3.8, 4) is 10.4 Å². The average molecular weight is 231 g/mol. The molecule has 2 heteroatoms. The molecule has 0 saturated heterocycles. The predicted molar refractivity (Wildman–Crippen MR) is 71.8 cm³/mol. The SMILES string of the molecule is CCC(NC)c1cccc(-c2cccs2)c1. The lowest BCUT2D eigenvalue weighted by Gasteiger charge is -2.14. The fourth-order valence-corrected chi connectivity index (χ4v) is 2.68. The highest BCUT2D eigenvalue weighted by Gasteiger charge is 2.07. The first-order chi connectivity index (χ1) is 7.85. The molecule has 0 saturated carbocycles. The molecule has 0 bridgehead atoms. The molecule has 0 aliphatic rings. The molecule has 16 heavy (non-hydrogen) atoms. The van der Waals surface area contributed by atoms with Crippen molar-refractivity contribution >= 4 is 11.3 Å². The maximum absolute atomic E-state index is 3.34. The van der Waals surface area contributed by atoms with Crippen LogP contribution in [0.4, 0.5) is 0 Å². The number of hydrogen-bond donors (Lipinski definition) is 1. The molecule has 0 aliphatic carbocycles. The Morgan fingerprint density at radius 1 is 1.25 bits per heavy atom. The zero-order valence-electron chi connectivity index (χ0n) is 9.73. The van der Waals surface area contributed by atoms with Gasteiger partial charge in [0.1, 0.15) is 0 Å². The maximum Gasteiger partial charge on any atom is 0.0342 e. The minimum Gasteiger partial charge on any atom is -0.313 e. The van der Waals surface area contributed by atoms with Gasteiger partial charge < -0.3 is 5.32 Å². The summed E-state index contributed by atoms with van der Waals surface area (Å²) in [5.74, 6) is 0. The highest BCUT2D eigenvalue weighted by Crippen LogP contribution is 2.27. The monoisotopic (exact) mass is 231 g/mol. The Kier molecular flexibility index (Phi) is 3.75. The summed E-state index contributed by atoms with van der Waals surface area (Å²) in [6.07, 6.45) is 1.12. The summed E-state index contributed by atoms with van der Waals surface area (Å²) in [6.45, 7) is 2.21. The third-order valence-corrected chi connectivity index (χ3v) is 3.77. The van der Waals surface area contributed by atoms with Crippen molar-refractivity contribution < 1.29 is 0 Å². The first-order valence-corrected chi connectivity index (χ1v) is 6.54. The van der Waals surface area contributed by atoms with Crippen LogP contribution in [0.5, 0.6) is 0 Å². The maximum atomic E-state index is 3.34. The Hall–Kier alpha value is -1.12. The van der Waals surface area contributed by atoms with Gasteiger partial charge in [-0.15, -0.1) is 11.3 Å². The van der Waals surface area contributed by atoms with Crippen LogP contribution in [0.15, 0.2) is 41.8 Å². The molecule has 0 amide bonds. The molecule has 1 N–H and O–H groups in total. The fourth-order valence-electron chi connectivity index (χ4n) is 1.96. The van der Waals surface area contributed by atoms with Gasteiger partial charge in [-0.3, -0.25) is 0 Å². The largest absolute Gasteiger partial charge is 0.313 e. The molecule has 84 valence electrons. The summed E-state index contributed by atoms with van der Waals surface area (Å²) in [7, 11) is 2.02. The lowest BCUT2D eigenvalue weighted by Crippen LogP contribution is -2.14. The molecule has 2 rings (SSSR count). The molecule has 0 radical (unpaired) electrons. The van der Waals surface area contributed by atoms with Crippen LogP contribution in [-0.4, -0.2) is 7.05 Å². The van der Waals surface area contributed by atoms with Crippen molar-refractivity contribution in [3.63, 3.8) is 0 Å². The van der Waals surface area contributed by atoms with Gasteiger partial charge in [-0.1, -0.05) is 31.2 Å². The lowest BCUT2D eigenvalue weighted by molar-refractivity contribution is 0.577. The summed E-state index contributed by atoms with van der Waals surface area (Å²) in [5, 5.41) is 5.47. The molecular weight excluding hydrogens is 214 g/mol. The number of nitrogens with one attached hydrogen (secondary N) is 1. The summed E-state index contributed by atoms with van der Waals surface area (Å²) in [6, 6.07) is 13.5. The topological polar surface area (TPSA) is 12.0 Å². The van der Waals surface area contributed by atoms with Crippen LogP contribution in [-0.2, 0) is 0 Å². The van der Waals surface area contributed by atoms with Gasteiger partial charge in [0.25, 0.3) is 0 Å². The summed E-state index contributed by atoms with van der Waals surface area (Å²) < 4.78 is 0. The molecule has 1 aromatic heterocycles. The van der Waals surface area contributed by atoms with Crippen LogP contribution in [0.1, 0.15) is 24.9 Å². The second-order valence-corrected chi connectivity index (χ2v) is 4.80. The van der Waals surface area contributed by atoms with E-state index in [9.17, 15) is 0 Å². The lowest BCUT2D eigenvalue weighted by atomic mass is 10.0. The Morgan fingerprint density at radius 3 is 2.75 bits per heavy atom. The van der Waals surface area contributed by atoms with E-state index in [1.165, 1.54) is 16.0 Å². The van der Waals surface area contributed by atoms with Crippen LogP contribution in [0.3, 0.4) is 0 Å². The van der Waals surface area contributed by atoms with Gasteiger partial charge in [0.05, 0.1) is 0 Å². The Morgan fingerprint density at radius 2 is 2.12 bits per heavy atom. The number of rotatable bonds is 4. The normalized spacial score (nSPS) is 12.6. The van der Waals surface area contributed by atoms with Crippen LogP contribution >= 0.6 is 11.3 Å². The molecule has 1 nitrogen and oxygen atoms in total. The van der Waals surface area contributed by atoms with Gasteiger partial charge in [-0.25, -0.2) is 0 Å². The second kappa shape index (κ2) is 5.28. The van der Waals surface area contributed by atoms with Crippen LogP contribution in [0, 0.1) is 0 Å². The van der Waals surface area contributed by atoms with Crippen LogP contribution in [0.25, 0.3) is 10.4 Å². The minimum absolute atomic E-state index is 0.458. The molecule has 0 spiro atoms. The quantitative estimate of drug-likeness (QED) is 0.836. The van der Waals surface area contributed by atoms with E-state index in [1.54, 1.807) is 11.3 Å². The summed E-state index contributed by atoms with van der Waals surface area (Å²) in [4.78, 5) is 1.34. The van der Waals surface area contributed by atoms with E-state index < -0.39 is 0 Å². The van der Waals surface area contributed by atoms with Crippen molar-refractivity contribution in [2.45, 2.75) is 19.4 Å². The zero-order chi connectivity index (χ0) is 11.4. The zero-order valence-corrected chi connectivity index (χ0v) is 10.6. The fraction of sp³-hybridized carbons (Fsp3) is 0.286. The van der Waals surface area contributed by atoms with Gasteiger partial charge in [0.2, 0.25) is 0 Å². The molecule has 1 unspecified atom stereocenters. The predicted octanol–water partition coefficient (Wildman–Crippen LogP) is 4.09. The van der Waals surface area contributed by atoms with E-state index in [2.05, 4.69) is 54.0 Å². The Labute approximate surface area is 101 Å². The smallest absolute Gasteiger partial charge is 0.0342 e. The van der Waals surface area contributed by atoms with E-state index in [0.29, 0.717) is 6.04 Å². The molecule has 0 fully saturated rings. The van der Waals surface area contributed by atoms with Crippen molar-refractivity contribution in [3.05, 3.63) is 47.3 Å². The molecule has 1 atom stereocenters. The van der Waals surface area contributed by atoms with Gasteiger partial charge in [-0.2, -0.15) is 0 Å². The first-order valence-electron chi connectivity index (χ1n) is 5.66. The van der Waals surface area contributed by atoms with Crippen molar-refractivity contribution in [1.29, 1.82) is 0 Å². The van der Waals surface area contributed by atoms with E-state index in [1.807, 2.05) is 7.05 Å². The molecule has 1 aromatic carbocycles. The van der Waals surface area contributed by atoms with Gasteiger partial charge in [0.15, 0.2) is 0 Å². The molecule has 2 aromatic rings. The highest BCUT2D eigenvalue weighted by molar-refractivity contribution is 7.13. The minimum atomic E-state index is 0.458. The number of benzene rings is 1. The van der Waals surface area contributed by atoms with Gasteiger partial charge in [0, 0.05) is 10.9 Å². The number of thiophene rings is 1. The van der Waals surface area contributed by atoms with Gasteiger partial charge in [-0.05, 0) is 42.1 Å². The first kappa shape index (κ1) is 11.4. The number of hydrogen-bond acceptors (Lipinski definition) is 2. The van der Waals surface area contributed by atoms with Crippen molar-refractivity contribution in [2.24, 2.45) is 0 Å². The third-order valence-electron chi connectivity index (χ3n) is 2.85. The summed E-state index contributed by atoms with van der Waals surface area (Å²) in [5.41, 5.74) is 2.69. The van der Waals surface area contributed by atoms with E-state index in [0.717, 1.165) is 6.42 Å². The standard InChI is InChI=1S/C14H17NS/c1-3-13(15-2)11-6-4-7-12(10-11)14-8-5-9-16-14/h4-10,13,15H,3H2,1-2H3. The van der Waals surface area contributed by atoms with Crippen LogP contribution in [0.2, 0.25) is 0 Å². The second-order valence-electron chi connectivity index (χ2n) is 3.85. The molecule has 1 heterocycles. The van der Waals surface area contributed by atoms with Crippen molar-refractivity contribution in [2.75, 3.05) is 7.05 Å². The van der Waals surface area contributed by atoms with E-state index in [-0.39, 0.29) is 0 Å². The Bertz CT molecular complexity index is 430. The molecular formula is C14H17NS. The Balaban J connectivity index is 2.33. The van der Waals surface area contributed by atoms with E-state index >= 15 is 0 Å². The third kappa shape index (κ3) is 2.34. The summed E-state index contributed by atoms with van der Waals surface area (Å²) >= 11 is 1.79. The van der Waals surface area contributed by atoms with E-state index in [4.69, 9.17) is 0 Å². The average Bonchev–Trinajstić information content (AvgIpc) is 2.85. The highest BCUT2D eigenvalue weighted by atomic mass is 32.1. The molecule has 0 aliphatic heterocycles. The van der Waals surface area contributed by atoms with Gasteiger partial charge >= 0.3 is 0 Å². The van der Waals surface area contributed by atoms with Crippen molar-refractivity contribution in [1.82, 2.24) is 5.32 Å².